The lowest BCUT2D eigenvalue weighted by Gasteiger charge is -2.39. The van der Waals surface area contributed by atoms with Crippen LogP contribution in [-0.4, -0.2) is 23.1 Å². The van der Waals surface area contributed by atoms with Crippen LogP contribution in [0.15, 0.2) is 6.07 Å². The lowest BCUT2D eigenvalue weighted by molar-refractivity contribution is 0.225. The average Bonchev–Trinajstić information content (AvgIpc) is 2.77. The van der Waals surface area contributed by atoms with Gasteiger partial charge in [-0.3, -0.25) is 0 Å². The van der Waals surface area contributed by atoms with Crippen LogP contribution in [0.1, 0.15) is 49.9 Å². The molecule has 2 heterocycles. The lowest BCUT2D eigenvalue weighted by atomic mass is 9.77. The molecule has 3 heteroatoms. The Morgan fingerprint density at radius 2 is 1.50 bits per heavy atom. The summed E-state index contributed by atoms with van der Waals surface area (Å²) in [6.07, 6.45) is 8.47. The van der Waals surface area contributed by atoms with E-state index in [9.17, 15) is 0 Å². The molecule has 0 atom stereocenters. The summed E-state index contributed by atoms with van der Waals surface area (Å²) in [7, 11) is 0. The van der Waals surface area contributed by atoms with Gasteiger partial charge in [-0.05, 0) is 51.0 Å². The molecular weight excluding hydrogens is 222 g/mol. The van der Waals surface area contributed by atoms with Gasteiger partial charge in [-0.25, -0.2) is 9.97 Å². The van der Waals surface area contributed by atoms with E-state index in [-0.39, 0.29) is 0 Å². The van der Waals surface area contributed by atoms with Crippen LogP contribution in [0, 0.1) is 19.3 Å². The van der Waals surface area contributed by atoms with Crippen molar-refractivity contribution in [2.45, 2.75) is 52.4 Å². The Bertz CT molecular complexity index is 405. The van der Waals surface area contributed by atoms with Gasteiger partial charge in [0.1, 0.15) is 0 Å². The molecule has 0 aromatic carbocycles. The third kappa shape index (κ3) is 2.23. The van der Waals surface area contributed by atoms with Gasteiger partial charge in [0.2, 0.25) is 5.95 Å². The van der Waals surface area contributed by atoms with Gasteiger partial charge in [0.25, 0.3) is 0 Å². The lowest BCUT2D eigenvalue weighted by Crippen LogP contribution is -2.39. The van der Waals surface area contributed by atoms with E-state index >= 15 is 0 Å². The fraction of sp³-hybridized carbons (Fsp3) is 0.733. The van der Waals surface area contributed by atoms with Crippen molar-refractivity contribution < 1.29 is 0 Å². The summed E-state index contributed by atoms with van der Waals surface area (Å²) in [6, 6.07) is 2.05. The van der Waals surface area contributed by atoms with Crippen molar-refractivity contribution in [3.05, 3.63) is 17.5 Å². The van der Waals surface area contributed by atoms with E-state index in [4.69, 9.17) is 0 Å². The number of aromatic nitrogens is 2. The van der Waals surface area contributed by atoms with Crippen LogP contribution < -0.4 is 4.90 Å². The van der Waals surface area contributed by atoms with Crippen molar-refractivity contribution >= 4 is 5.95 Å². The van der Waals surface area contributed by atoms with Crippen LogP contribution in [0.25, 0.3) is 0 Å². The molecule has 1 aliphatic carbocycles. The monoisotopic (exact) mass is 245 g/mol. The van der Waals surface area contributed by atoms with Crippen molar-refractivity contribution in [1.82, 2.24) is 9.97 Å². The number of anilines is 1. The first kappa shape index (κ1) is 11.9. The molecule has 1 saturated carbocycles. The molecule has 98 valence electrons. The van der Waals surface area contributed by atoms with E-state index in [2.05, 4.69) is 28.7 Å². The maximum atomic E-state index is 4.59. The zero-order chi connectivity index (χ0) is 12.6. The van der Waals surface area contributed by atoms with E-state index in [0.717, 1.165) is 30.4 Å². The van der Waals surface area contributed by atoms with Gasteiger partial charge in [0, 0.05) is 24.5 Å². The van der Waals surface area contributed by atoms with Crippen LogP contribution in [0.5, 0.6) is 0 Å². The van der Waals surface area contributed by atoms with E-state index in [1.165, 1.54) is 38.5 Å². The van der Waals surface area contributed by atoms with Gasteiger partial charge in [-0.2, -0.15) is 0 Å². The van der Waals surface area contributed by atoms with Crippen molar-refractivity contribution in [1.29, 1.82) is 0 Å². The fourth-order valence-electron chi connectivity index (χ4n) is 3.65. The molecular formula is C15H23N3. The molecule has 0 amide bonds. The molecule has 2 fully saturated rings. The number of nitrogens with zero attached hydrogens (tertiary/aromatic N) is 3. The van der Waals surface area contributed by atoms with Crippen molar-refractivity contribution in [3.8, 4) is 0 Å². The molecule has 0 unspecified atom stereocenters. The van der Waals surface area contributed by atoms with Crippen LogP contribution in [-0.2, 0) is 0 Å². The number of hydrogen-bond acceptors (Lipinski definition) is 3. The first-order valence-corrected chi connectivity index (χ1v) is 7.24. The molecule has 1 spiro atoms. The normalized spacial score (nSPS) is 22.7. The minimum absolute atomic E-state index is 0.676. The molecule has 1 aromatic heterocycles. The highest BCUT2D eigenvalue weighted by Gasteiger charge is 2.37. The van der Waals surface area contributed by atoms with Crippen molar-refractivity contribution in [2.75, 3.05) is 18.0 Å². The highest BCUT2D eigenvalue weighted by Crippen LogP contribution is 2.46. The van der Waals surface area contributed by atoms with E-state index < -0.39 is 0 Å². The second-order valence-electron chi connectivity index (χ2n) is 6.14. The summed E-state index contributed by atoms with van der Waals surface area (Å²) in [6.45, 7) is 6.40. The Hall–Kier alpha value is -1.12. The summed E-state index contributed by atoms with van der Waals surface area (Å²) in [5, 5.41) is 0. The molecule has 18 heavy (non-hydrogen) atoms. The predicted molar refractivity (Wildman–Crippen MR) is 73.9 cm³/mol. The van der Waals surface area contributed by atoms with Gasteiger partial charge in [-0.1, -0.05) is 12.8 Å². The Morgan fingerprint density at radius 1 is 0.944 bits per heavy atom. The number of rotatable bonds is 1. The van der Waals surface area contributed by atoms with Crippen LogP contribution in [0.4, 0.5) is 5.95 Å². The molecule has 3 nitrogen and oxygen atoms in total. The van der Waals surface area contributed by atoms with Gasteiger partial charge < -0.3 is 4.90 Å². The maximum Gasteiger partial charge on any atom is 0.225 e. The summed E-state index contributed by atoms with van der Waals surface area (Å²) in [4.78, 5) is 11.6. The molecule has 0 radical (unpaired) electrons. The maximum absolute atomic E-state index is 4.59. The SMILES string of the molecule is Cc1cc(C)nc(N2CCC3(CCCC3)CC2)n1. The molecule has 1 aliphatic heterocycles. The summed E-state index contributed by atoms with van der Waals surface area (Å²) in [5.41, 5.74) is 2.84. The summed E-state index contributed by atoms with van der Waals surface area (Å²) in [5.74, 6) is 0.945. The molecule has 3 rings (SSSR count). The second-order valence-corrected chi connectivity index (χ2v) is 6.14. The largest absolute Gasteiger partial charge is 0.341 e. The van der Waals surface area contributed by atoms with Gasteiger partial charge in [-0.15, -0.1) is 0 Å². The Labute approximate surface area is 110 Å². The van der Waals surface area contributed by atoms with Crippen LogP contribution in [0.3, 0.4) is 0 Å². The Kier molecular flexibility index (Phi) is 3.00. The number of hydrogen-bond donors (Lipinski definition) is 0. The van der Waals surface area contributed by atoms with Gasteiger partial charge in [0.15, 0.2) is 0 Å². The van der Waals surface area contributed by atoms with Crippen molar-refractivity contribution in [2.24, 2.45) is 5.41 Å². The topological polar surface area (TPSA) is 29.0 Å². The third-order valence-electron chi connectivity index (χ3n) is 4.74. The molecule has 0 N–H and O–H groups in total. The first-order chi connectivity index (χ1) is 8.67. The summed E-state index contributed by atoms with van der Waals surface area (Å²) >= 11 is 0. The zero-order valence-electron chi connectivity index (χ0n) is 11.6. The fourth-order valence-corrected chi connectivity index (χ4v) is 3.65. The van der Waals surface area contributed by atoms with Crippen molar-refractivity contribution in [3.63, 3.8) is 0 Å². The Balaban J connectivity index is 1.72. The quantitative estimate of drug-likeness (QED) is 0.760. The van der Waals surface area contributed by atoms with E-state index in [0.29, 0.717) is 5.41 Å². The second kappa shape index (κ2) is 4.52. The Morgan fingerprint density at radius 3 is 2.06 bits per heavy atom. The minimum Gasteiger partial charge on any atom is -0.341 e. The van der Waals surface area contributed by atoms with E-state index in [1.807, 2.05) is 6.07 Å². The van der Waals surface area contributed by atoms with E-state index in [1.54, 1.807) is 0 Å². The first-order valence-electron chi connectivity index (χ1n) is 7.24. The van der Waals surface area contributed by atoms with Gasteiger partial charge >= 0.3 is 0 Å². The molecule has 1 aromatic rings. The summed E-state index contributed by atoms with van der Waals surface area (Å²) < 4.78 is 0. The highest BCUT2D eigenvalue weighted by atomic mass is 15.3. The average molecular weight is 245 g/mol. The predicted octanol–water partition coefficient (Wildman–Crippen LogP) is 3.25. The standard InChI is InChI=1S/C15H23N3/c1-12-11-13(2)17-14(16-12)18-9-7-15(8-10-18)5-3-4-6-15/h11H,3-10H2,1-2H3. The number of piperidine rings is 1. The van der Waals surface area contributed by atoms with Crippen LogP contribution >= 0.6 is 0 Å². The third-order valence-corrected chi connectivity index (χ3v) is 4.74. The smallest absolute Gasteiger partial charge is 0.225 e. The minimum atomic E-state index is 0.676. The van der Waals surface area contributed by atoms with Gasteiger partial charge in [0.05, 0.1) is 0 Å². The molecule has 0 bridgehead atoms. The zero-order valence-corrected chi connectivity index (χ0v) is 11.6. The highest BCUT2D eigenvalue weighted by molar-refractivity contribution is 5.33. The van der Waals surface area contributed by atoms with Crippen LogP contribution in [0.2, 0.25) is 0 Å². The molecule has 2 aliphatic rings. The number of aryl methyl sites for hydroxylation is 2. The molecule has 1 saturated heterocycles.